The van der Waals surface area contributed by atoms with Crippen molar-refractivity contribution >= 4 is 17.9 Å². The summed E-state index contributed by atoms with van der Waals surface area (Å²) in [4.78, 5) is 41.6. The molecular weight excluding hydrogens is 474 g/mol. The molecule has 0 aliphatic rings. The number of hydrogen-bond acceptors (Lipinski definition) is 6. The molecule has 0 bridgehead atoms. The van der Waals surface area contributed by atoms with Crippen LogP contribution in [-0.4, -0.2) is 57.3 Å². The Morgan fingerprint density at radius 2 is 1.62 bits per heavy atom. The predicted octanol–water partition coefficient (Wildman–Crippen LogP) is 4.04. The molecule has 3 amide bonds. The van der Waals surface area contributed by atoms with Gasteiger partial charge in [0.05, 0.1) is 0 Å². The fraction of sp³-hybridized carbons (Fsp3) is 0.464. The number of amides is 3. The summed E-state index contributed by atoms with van der Waals surface area (Å²) >= 11 is 0. The summed E-state index contributed by atoms with van der Waals surface area (Å²) in [6.45, 7) is 10.9. The monoisotopic (exact) mass is 513 g/mol. The molecule has 9 heteroatoms. The van der Waals surface area contributed by atoms with E-state index in [1.165, 1.54) is 29.2 Å². The van der Waals surface area contributed by atoms with Gasteiger partial charge in [0.15, 0.2) is 0 Å². The van der Waals surface area contributed by atoms with Crippen LogP contribution in [0.15, 0.2) is 48.5 Å². The van der Waals surface area contributed by atoms with Crippen molar-refractivity contribution in [3.8, 4) is 11.5 Å². The maximum absolute atomic E-state index is 14.1. The van der Waals surface area contributed by atoms with Gasteiger partial charge in [0, 0.05) is 19.0 Å². The van der Waals surface area contributed by atoms with Gasteiger partial charge in [-0.3, -0.25) is 9.59 Å². The molecule has 37 heavy (non-hydrogen) atoms. The largest absolute Gasteiger partial charge is 0.508 e. The number of hydrogen-bond donors (Lipinski definition) is 4. The van der Waals surface area contributed by atoms with Crippen molar-refractivity contribution in [1.29, 1.82) is 0 Å². The Morgan fingerprint density at radius 3 is 2.16 bits per heavy atom. The third-order valence-corrected chi connectivity index (χ3v) is 5.29. The van der Waals surface area contributed by atoms with Crippen LogP contribution >= 0.6 is 0 Å². The first-order valence-electron chi connectivity index (χ1n) is 12.5. The summed E-state index contributed by atoms with van der Waals surface area (Å²) in [5.74, 6) is -0.832. The van der Waals surface area contributed by atoms with E-state index in [1.54, 1.807) is 45.0 Å². The van der Waals surface area contributed by atoms with Gasteiger partial charge in [-0.15, -0.1) is 0 Å². The number of carbonyl (C=O) groups is 3. The number of alkyl carbamates (subject to hydrolysis) is 1. The van der Waals surface area contributed by atoms with Gasteiger partial charge >= 0.3 is 6.09 Å². The van der Waals surface area contributed by atoms with Crippen LogP contribution in [0.5, 0.6) is 11.5 Å². The third kappa shape index (κ3) is 9.33. The van der Waals surface area contributed by atoms with Gasteiger partial charge in [-0.25, -0.2) is 4.79 Å². The van der Waals surface area contributed by atoms with Crippen LogP contribution in [0.1, 0.15) is 65.1 Å². The number of nitrogens with one attached hydrogen (secondary N) is 2. The van der Waals surface area contributed by atoms with E-state index in [2.05, 4.69) is 10.6 Å². The molecule has 2 unspecified atom stereocenters. The summed E-state index contributed by atoms with van der Waals surface area (Å²) in [6, 6.07) is 10.3. The van der Waals surface area contributed by atoms with Gasteiger partial charge in [-0.1, -0.05) is 31.2 Å². The standard InChI is InChI=1S/C28H39N3O6/c1-7-15-31(24(25(34)29-18(2)3)20-9-8-10-22(33)17-20)26(35)23(30-27(36)37-28(4,5)6)16-19-11-13-21(32)14-12-19/h8-14,17-18,23-24,32-33H,7,15-16H2,1-6H3,(H,29,34)(H,30,36). The summed E-state index contributed by atoms with van der Waals surface area (Å²) in [5.41, 5.74) is 0.366. The molecule has 0 radical (unpaired) electrons. The van der Waals surface area contributed by atoms with Gasteiger partial charge in [0.2, 0.25) is 11.8 Å². The van der Waals surface area contributed by atoms with E-state index >= 15 is 0 Å². The highest BCUT2D eigenvalue weighted by Gasteiger charge is 2.36. The lowest BCUT2D eigenvalue weighted by Crippen LogP contribution is -2.54. The first-order valence-corrected chi connectivity index (χ1v) is 12.5. The Kier molecular flexibility index (Phi) is 10.3. The van der Waals surface area contributed by atoms with Crippen LogP contribution < -0.4 is 10.6 Å². The number of phenolic OH excluding ortho intramolecular Hbond substituents is 2. The molecule has 0 saturated heterocycles. The van der Waals surface area contributed by atoms with Crippen molar-refractivity contribution in [2.45, 2.75) is 78.1 Å². The Balaban J connectivity index is 2.51. The van der Waals surface area contributed by atoms with E-state index < -0.39 is 35.6 Å². The molecule has 202 valence electrons. The number of benzene rings is 2. The van der Waals surface area contributed by atoms with Gasteiger partial charge in [0.1, 0.15) is 29.2 Å². The lowest BCUT2D eigenvalue weighted by Gasteiger charge is -2.34. The normalized spacial score (nSPS) is 12.9. The van der Waals surface area contributed by atoms with Gasteiger partial charge < -0.3 is 30.5 Å². The second kappa shape index (κ2) is 13.0. The highest BCUT2D eigenvalue weighted by atomic mass is 16.6. The molecule has 2 aromatic carbocycles. The number of carbonyl (C=O) groups excluding carboxylic acids is 3. The molecule has 2 rings (SSSR count). The molecule has 9 nitrogen and oxygen atoms in total. The Hall–Kier alpha value is -3.75. The van der Waals surface area contributed by atoms with Crippen molar-refractivity contribution in [2.24, 2.45) is 0 Å². The van der Waals surface area contributed by atoms with Crippen LogP contribution in [0.2, 0.25) is 0 Å². The maximum atomic E-state index is 14.1. The fourth-order valence-corrected chi connectivity index (χ4v) is 3.86. The van der Waals surface area contributed by atoms with Crippen molar-refractivity contribution < 1.29 is 29.3 Å². The molecule has 0 aliphatic heterocycles. The summed E-state index contributed by atoms with van der Waals surface area (Å²) < 4.78 is 5.40. The predicted molar refractivity (Wildman–Crippen MR) is 141 cm³/mol. The zero-order valence-corrected chi connectivity index (χ0v) is 22.4. The zero-order chi connectivity index (χ0) is 27.8. The quantitative estimate of drug-likeness (QED) is 0.380. The van der Waals surface area contributed by atoms with Gasteiger partial charge in [0.25, 0.3) is 0 Å². The molecule has 0 heterocycles. The molecule has 0 aliphatic carbocycles. The fourth-order valence-electron chi connectivity index (χ4n) is 3.86. The van der Waals surface area contributed by atoms with Crippen LogP contribution in [0.4, 0.5) is 4.79 Å². The lowest BCUT2D eigenvalue weighted by atomic mass is 9.99. The Labute approximate surface area is 218 Å². The summed E-state index contributed by atoms with van der Waals surface area (Å²) in [6.07, 6.45) is -0.104. The molecule has 2 atom stereocenters. The van der Waals surface area contributed by atoms with Crippen molar-refractivity contribution in [3.63, 3.8) is 0 Å². The summed E-state index contributed by atoms with van der Waals surface area (Å²) in [7, 11) is 0. The Bertz CT molecular complexity index is 1060. The number of ether oxygens (including phenoxy) is 1. The average molecular weight is 514 g/mol. The highest BCUT2D eigenvalue weighted by Crippen LogP contribution is 2.26. The zero-order valence-electron chi connectivity index (χ0n) is 22.4. The van der Waals surface area contributed by atoms with Crippen LogP contribution in [0.3, 0.4) is 0 Å². The lowest BCUT2D eigenvalue weighted by molar-refractivity contribution is -0.142. The van der Waals surface area contributed by atoms with Crippen LogP contribution in [-0.2, 0) is 20.7 Å². The molecule has 4 N–H and O–H groups in total. The van der Waals surface area contributed by atoms with E-state index in [9.17, 15) is 24.6 Å². The third-order valence-electron chi connectivity index (χ3n) is 5.29. The van der Waals surface area contributed by atoms with E-state index in [-0.39, 0.29) is 30.5 Å². The number of phenols is 2. The molecule has 0 spiro atoms. The average Bonchev–Trinajstić information content (AvgIpc) is 2.77. The van der Waals surface area contributed by atoms with Gasteiger partial charge in [-0.2, -0.15) is 0 Å². The maximum Gasteiger partial charge on any atom is 0.408 e. The smallest absolute Gasteiger partial charge is 0.408 e. The minimum atomic E-state index is -1.06. The van der Waals surface area contributed by atoms with Crippen LogP contribution in [0.25, 0.3) is 0 Å². The first-order chi connectivity index (χ1) is 17.3. The minimum Gasteiger partial charge on any atom is -0.508 e. The highest BCUT2D eigenvalue weighted by molar-refractivity contribution is 5.92. The van der Waals surface area contributed by atoms with Gasteiger partial charge in [-0.05, 0) is 76.4 Å². The van der Waals surface area contributed by atoms with Crippen LogP contribution in [0, 0.1) is 0 Å². The second-order valence-corrected chi connectivity index (χ2v) is 10.3. The van der Waals surface area contributed by atoms with E-state index in [0.717, 1.165) is 0 Å². The first kappa shape index (κ1) is 29.5. The topological polar surface area (TPSA) is 128 Å². The number of nitrogens with zero attached hydrogens (tertiary/aromatic N) is 1. The van der Waals surface area contributed by atoms with E-state index in [0.29, 0.717) is 17.5 Å². The van der Waals surface area contributed by atoms with Crippen molar-refractivity contribution in [2.75, 3.05) is 6.54 Å². The molecule has 0 aromatic heterocycles. The molecule has 0 fully saturated rings. The number of aromatic hydroxyl groups is 2. The van der Waals surface area contributed by atoms with E-state index in [1.807, 2.05) is 20.8 Å². The molecule has 0 saturated carbocycles. The second-order valence-electron chi connectivity index (χ2n) is 10.3. The van der Waals surface area contributed by atoms with Crippen molar-refractivity contribution in [3.05, 3.63) is 59.7 Å². The molecule has 2 aromatic rings. The minimum absolute atomic E-state index is 0.0312. The summed E-state index contributed by atoms with van der Waals surface area (Å²) in [5, 5.41) is 25.3. The Morgan fingerprint density at radius 1 is 0.973 bits per heavy atom. The number of rotatable bonds is 10. The van der Waals surface area contributed by atoms with E-state index in [4.69, 9.17) is 4.74 Å². The van der Waals surface area contributed by atoms with Crippen molar-refractivity contribution in [1.82, 2.24) is 15.5 Å². The molecular formula is C28H39N3O6. The SMILES string of the molecule is CCCN(C(=O)C(Cc1ccc(O)cc1)NC(=O)OC(C)(C)C)C(C(=O)NC(C)C)c1cccc(O)c1.